The summed E-state index contributed by atoms with van der Waals surface area (Å²) in [5.74, 6) is 1.54. The molecule has 25 heavy (non-hydrogen) atoms. The van der Waals surface area contributed by atoms with Crippen molar-refractivity contribution < 1.29 is 9.84 Å². The standard InChI is InChI=1S/C19H33N3O2.HI/c1-5-7-8-9-15(3)22-19(20-6-2)21-13-12-16-10-11-17(23)18(14-16)24-4;/h10-11,14-15,23H,5-9,12-13H2,1-4H3,(H2,20,21,22);1H. The van der Waals surface area contributed by atoms with Crippen molar-refractivity contribution in [2.24, 2.45) is 4.99 Å². The van der Waals surface area contributed by atoms with Gasteiger partial charge in [-0.05, 0) is 44.4 Å². The Kier molecular flexibility index (Phi) is 13.4. The third-order valence-electron chi connectivity index (χ3n) is 3.88. The Hall–Kier alpha value is -1.18. The van der Waals surface area contributed by atoms with Crippen molar-refractivity contribution in [3.8, 4) is 11.5 Å². The van der Waals surface area contributed by atoms with E-state index in [2.05, 4.69) is 36.4 Å². The number of ether oxygens (including phenoxy) is 1. The van der Waals surface area contributed by atoms with Gasteiger partial charge in [-0.2, -0.15) is 0 Å². The molecule has 0 saturated carbocycles. The number of guanidine groups is 1. The lowest BCUT2D eigenvalue weighted by Gasteiger charge is -2.17. The maximum absolute atomic E-state index is 9.63. The van der Waals surface area contributed by atoms with E-state index in [0.717, 1.165) is 30.9 Å². The van der Waals surface area contributed by atoms with Gasteiger partial charge in [0.05, 0.1) is 7.11 Å². The number of benzene rings is 1. The highest BCUT2D eigenvalue weighted by Crippen LogP contribution is 2.26. The van der Waals surface area contributed by atoms with E-state index in [-0.39, 0.29) is 29.7 Å². The van der Waals surface area contributed by atoms with Crippen molar-refractivity contribution in [2.45, 2.75) is 58.9 Å². The summed E-state index contributed by atoms with van der Waals surface area (Å²) in [6.45, 7) is 8.03. The van der Waals surface area contributed by atoms with Crippen molar-refractivity contribution in [3.05, 3.63) is 23.8 Å². The van der Waals surface area contributed by atoms with Crippen LogP contribution in [0.3, 0.4) is 0 Å². The van der Waals surface area contributed by atoms with Crippen LogP contribution in [0.25, 0.3) is 0 Å². The number of nitrogens with one attached hydrogen (secondary N) is 2. The van der Waals surface area contributed by atoms with Gasteiger partial charge in [0.25, 0.3) is 0 Å². The average Bonchev–Trinajstić information content (AvgIpc) is 2.56. The predicted octanol–water partition coefficient (Wildman–Crippen LogP) is 4.09. The quantitative estimate of drug-likeness (QED) is 0.212. The Bertz CT molecular complexity index is 509. The van der Waals surface area contributed by atoms with Crippen molar-refractivity contribution in [1.29, 1.82) is 0 Å². The average molecular weight is 463 g/mol. The van der Waals surface area contributed by atoms with Gasteiger partial charge in [-0.25, -0.2) is 0 Å². The molecule has 0 aliphatic carbocycles. The zero-order valence-electron chi connectivity index (χ0n) is 16.0. The Labute approximate surface area is 169 Å². The summed E-state index contributed by atoms with van der Waals surface area (Å²) >= 11 is 0. The zero-order valence-corrected chi connectivity index (χ0v) is 18.3. The first kappa shape index (κ1) is 23.8. The molecule has 0 bridgehead atoms. The fourth-order valence-electron chi connectivity index (χ4n) is 2.50. The second-order valence-corrected chi connectivity index (χ2v) is 6.06. The van der Waals surface area contributed by atoms with Crippen LogP contribution < -0.4 is 15.4 Å². The Morgan fingerprint density at radius 2 is 2.04 bits per heavy atom. The first-order valence-electron chi connectivity index (χ1n) is 9.01. The van der Waals surface area contributed by atoms with Crippen molar-refractivity contribution in [1.82, 2.24) is 10.6 Å². The number of unbranched alkanes of at least 4 members (excludes halogenated alkanes) is 2. The number of nitrogens with zero attached hydrogens (tertiary/aromatic N) is 1. The summed E-state index contributed by atoms with van der Waals surface area (Å²) < 4.78 is 5.14. The van der Waals surface area contributed by atoms with E-state index in [1.165, 1.54) is 19.3 Å². The van der Waals surface area contributed by atoms with Gasteiger partial charge in [0.1, 0.15) is 0 Å². The van der Waals surface area contributed by atoms with E-state index >= 15 is 0 Å². The van der Waals surface area contributed by atoms with E-state index in [1.54, 1.807) is 13.2 Å². The third-order valence-corrected chi connectivity index (χ3v) is 3.88. The van der Waals surface area contributed by atoms with Gasteiger partial charge in [-0.3, -0.25) is 4.99 Å². The predicted molar refractivity (Wildman–Crippen MR) is 116 cm³/mol. The molecule has 144 valence electrons. The fourth-order valence-corrected chi connectivity index (χ4v) is 2.50. The molecule has 3 N–H and O–H groups in total. The van der Waals surface area contributed by atoms with Crippen LogP contribution in [0.5, 0.6) is 11.5 Å². The van der Waals surface area contributed by atoms with Crippen LogP contribution in [-0.4, -0.2) is 37.3 Å². The molecule has 0 spiro atoms. The molecule has 0 saturated heterocycles. The molecule has 5 nitrogen and oxygen atoms in total. The maximum Gasteiger partial charge on any atom is 0.191 e. The van der Waals surface area contributed by atoms with Gasteiger partial charge in [0, 0.05) is 19.1 Å². The van der Waals surface area contributed by atoms with Gasteiger partial charge < -0.3 is 20.5 Å². The Morgan fingerprint density at radius 1 is 1.28 bits per heavy atom. The number of hydrogen-bond donors (Lipinski definition) is 3. The molecule has 0 fully saturated rings. The molecule has 0 radical (unpaired) electrons. The molecular weight excluding hydrogens is 429 g/mol. The van der Waals surface area contributed by atoms with Crippen molar-refractivity contribution in [3.63, 3.8) is 0 Å². The number of hydrogen-bond acceptors (Lipinski definition) is 3. The second-order valence-electron chi connectivity index (χ2n) is 6.06. The molecule has 6 heteroatoms. The number of phenolic OH excluding ortho intramolecular Hbond substituents is 1. The number of aliphatic imine (C=N–C) groups is 1. The lowest BCUT2D eigenvalue weighted by Crippen LogP contribution is -2.42. The summed E-state index contributed by atoms with van der Waals surface area (Å²) in [4.78, 5) is 4.65. The Balaban J connectivity index is 0.00000576. The summed E-state index contributed by atoms with van der Waals surface area (Å²) in [7, 11) is 1.56. The van der Waals surface area contributed by atoms with Crippen LogP contribution in [-0.2, 0) is 6.42 Å². The lowest BCUT2D eigenvalue weighted by atomic mass is 10.1. The number of halogens is 1. The smallest absolute Gasteiger partial charge is 0.191 e. The minimum atomic E-state index is 0. The monoisotopic (exact) mass is 463 g/mol. The van der Waals surface area contributed by atoms with Gasteiger partial charge in [-0.15, -0.1) is 24.0 Å². The van der Waals surface area contributed by atoms with Crippen molar-refractivity contribution >= 4 is 29.9 Å². The first-order valence-corrected chi connectivity index (χ1v) is 9.01. The van der Waals surface area contributed by atoms with Gasteiger partial charge in [0.2, 0.25) is 0 Å². The number of phenols is 1. The second kappa shape index (κ2) is 14.0. The van der Waals surface area contributed by atoms with Gasteiger partial charge >= 0.3 is 0 Å². The normalized spacial score (nSPS) is 12.2. The molecule has 0 aliphatic heterocycles. The summed E-state index contributed by atoms with van der Waals surface area (Å²) in [5, 5.41) is 16.4. The van der Waals surface area contributed by atoms with Crippen LogP contribution in [0, 0.1) is 0 Å². The highest BCUT2D eigenvalue weighted by Gasteiger charge is 2.05. The minimum Gasteiger partial charge on any atom is -0.504 e. The number of aromatic hydroxyl groups is 1. The molecule has 0 aromatic heterocycles. The highest BCUT2D eigenvalue weighted by atomic mass is 127. The molecule has 1 unspecified atom stereocenters. The van der Waals surface area contributed by atoms with Crippen molar-refractivity contribution in [2.75, 3.05) is 20.2 Å². The van der Waals surface area contributed by atoms with Crippen LogP contribution in [0.1, 0.15) is 52.0 Å². The summed E-state index contributed by atoms with van der Waals surface area (Å²) in [6, 6.07) is 5.85. The molecule has 1 aromatic carbocycles. The van der Waals surface area contributed by atoms with E-state index in [0.29, 0.717) is 18.3 Å². The summed E-state index contributed by atoms with van der Waals surface area (Å²) in [5.41, 5.74) is 1.10. The summed E-state index contributed by atoms with van der Waals surface area (Å²) in [6.07, 6.45) is 5.74. The van der Waals surface area contributed by atoms with Crippen LogP contribution in [0.15, 0.2) is 23.2 Å². The number of methoxy groups -OCH3 is 1. The van der Waals surface area contributed by atoms with Crippen LogP contribution in [0.4, 0.5) is 0 Å². The topological polar surface area (TPSA) is 65.9 Å². The van der Waals surface area contributed by atoms with Gasteiger partial charge in [0.15, 0.2) is 17.5 Å². The Morgan fingerprint density at radius 3 is 2.68 bits per heavy atom. The van der Waals surface area contributed by atoms with E-state index in [4.69, 9.17) is 4.74 Å². The molecule has 0 aliphatic rings. The minimum absolute atomic E-state index is 0. The fraction of sp³-hybridized carbons (Fsp3) is 0.632. The van der Waals surface area contributed by atoms with E-state index in [9.17, 15) is 5.11 Å². The highest BCUT2D eigenvalue weighted by molar-refractivity contribution is 14.0. The lowest BCUT2D eigenvalue weighted by molar-refractivity contribution is 0.373. The molecule has 0 amide bonds. The first-order chi connectivity index (χ1) is 11.6. The molecular formula is C19H34IN3O2. The zero-order chi connectivity index (χ0) is 17.8. The van der Waals surface area contributed by atoms with E-state index < -0.39 is 0 Å². The molecule has 1 aromatic rings. The molecule has 1 atom stereocenters. The van der Waals surface area contributed by atoms with Crippen LogP contribution >= 0.6 is 24.0 Å². The molecule has 0 heterocycles. The van der Waals surface area contributed by atoms with E-state index in [1.807, 2.05) is 12.1 Å². The largest absolute Gasteiger partial charge is 0.504 e. The molecule has 1 rings (SSSR count). The number of rotatable bonds is 10. The van der Waals surface area contributed by atoms with Crippen LogP contribution in [0.2, 0.25) is 0 Å². The maximum atomic E-state index is 9.63. The third kappa shape index (κ3) is 9.77. The van der Waals surface area contributed by atoms with Gasteiger partial charge in [-0.1, -0.05) is 32.3 Å². The SMILES string of the molecule is CCCCCC(C)NC(=NCCc1ccc(O)c(OC)c1)NCC.I.